The van der Waals surface area contributed by atoms with E-state index in [4.69, 9.17) is 0 Å². The fraction of sp³-hybridized carbons (Fsp3) is 0. The minimum Gasteiger partial charge on any atom is -0.310 e. The van der Waals surface area contributed by atoms with Gasteiger partial charge in [0.05, 0.1) is 11.4 Å². The van der Waals surface area contributed by atoms with Crippen LogP contribution in [0.25, 0.3) is 35.1 Å². The predicted molar refractivity (Wildman–Crippen MR) is 224 cm³/mol. The van der Waals surface area contributed by atoms with Crippen molar-refractivity contribution in [2.24, 2.45) is 0 Å². The third kappa shape index (κ3) is 7.19. The molecule has 8 rings (SSSR count). The molecule has 0 saturated heterocycles. The molecule has 0 radical (unpaired) electrons. The summed E-state index contributed by atoms with van der Waals surface area (Å²) >= 11 is 0. The van der Waals surface area contributed by atoms with Crippen molar-refractivity contribution >= 4 is 69.2 Å². The molecule has 0 amide bonds. The summed E-state index contributed by atoms with van der Waals surface area (Å²) in [7, 11) is 0. The first-order chi connectivity index (χ1) is 25.8. The third-order valence-electron chi connectivity index (χ3n) is 9.22. The van der Waals surface area contributed by atoms with Gasteiger partial charge in [-0.25, -0.2) is 0 Å². The summed E-state index contributed by atoms with van der Waals surface area (Å²) in [5.41, 5.74) is 11.3. The lowest BCUT2D eigenvalue weighted by atomic mass is 10.0. The molecular formula is C50H38N2. The van der Waals surface area contributed by atoms with Crippen LogP contribution in [-0.4, -0.2) is 0 Å². The average Bonchev–Trinajstić information content (AvgIpc) is 3.22. The number of hydrogen-bond acceptors (Lipinski definition) is 2. The van der Waals surface area contributed by atoms with Crippen LogP contribution in [0.2, 0.25) is 0 Å². The minimum absolute atomic E-state index is 1.10. The van der Waals surface area contributed by atoms with Gasteiger partial charge >= 0.3 is 0 Å². The Hall–Kier alpha value is -6.90. The van der Waals surface area contributed by atoms with Crippen molar-refractivity contribution < 1.29 is 0 Å². The first-order valence-electron chi connectivity index (χ1n) is 17.7. The van der Waals surface area contributed by atoms with Crippen molar-refractivity contribution in [3.05, 3.63) is 229 Å². The van der Waals surface area contributed by atoms with Gasteiger partial charge in [0.15, 0.2) is 0 Å². The average molecular weight is 667 g/mol. The van der Waals surface area contributed by atoms with Gasteiger partial charge < -0.3 is 9.80 Å². The number of benzene rings is 8. The van der Waals surface area contributed by atoms with E-state index in [0.717, 1.165) is 45.3 Å². The maximum absolute atomic E-state index is 2.36. The van der Waals surface area contributed by atoms with E-state index in [2.05, 4.69) is 228 Å². The molecule has 0 N–H and O–H groups in total. The van der Waals surface area contributed by atoms with Crippen LogP contribution in [0, 0.1) is 0 Å². The molecule has 0 aromatic heterocycles. The highest BCUT2D eigenvalue weighted by Crippen LogP contribution is 2.44. The third-order valence-corrected chi connectivity index (χ3v) is 9.22. The van der Waals surface area contributed by atoms with E-state index in [9.17, 15) is 0 Å². The maximum Gasteiger partial charge on any atom is 0.0540 e. The van der Waals surface area contributed by atoms with Gasteiger partial charge in [0.25, 0.3) is 0 Å². The molecule has 0 spiro atoms. The zero-order chi connectivity index (χ0) is 35.0. The van der Waals surface area contributed by atoms with Gasteiger partial charge in [0.2, 0.25) is 0 Å². The van der Waals surface area contributed by atoms with Gasteiger partial charge in [-0.2, -0.15) is 0 Å². The number of nitrogens with zero attached hydrogens (tertiary/aromatic N) is 2. The summed E-state index contributed by atoms with van der Waals surface area (Å²) in [6.45, 7) is 0. The highest BCUT2D eigenvalue weighted by Gasteiger charge is 2.19. The maximum atomic E-state index is 2.36. The molecule has 0 saturated carbocycles. The molecule has 2 heteroatoms. The van der Waals surface area contributed by atoms with E-state index < -0.39 is 0 Å². The Kier molecular flexibility index (Phi) is 9.53. The summed E-state index contributed by atoms with van der Waals surface area (Å²) in [5, 5.41) is 2.33. The van der Waals surface area contributed by atoms with Crippen LogP contribution < -0.4 is 9.80 Å². The number of rotatable bonds is 10. The number of anilines is 6. The van der Waals surface area contributed by atoms with Gasteiger partial charge in [0, 0.05) is 33.5 Å². The SMILES string of the molecule is C(=Cc1ccc(N(c2ccccc2)c2cccc3c(N(c4ccccc4)c4ccc(C=Cc5ccccc5)cc4)cccc23)cc1)c1ccccc1. The van der Waals surface area contributed by atoms with Crippen LogP contribution in [0.5, 0.6) is 0 Å². The fourth-order valence-corrected chi connectivity index (χ4v) is 6.66. The molecule has 0 aliphatic carbocycles. The van der Waals surface area contributed by atoms with E-state index in [1.54, 1.807) is 0 Å². The van der Waals surface area contributed by atoms with Crippen LogP contribution in [0.4, 0.5) is 34.1 Å². The summed E-state index contributed by atoms with van der Waals surface area (Å²) in [4.78, 5) is 4.72. The Morgan fingerprint density at radius 2 is 0.519 bits per heavy atom. The zero-order valence-electron chi connectivity index (χ0n) is 28.8. The molecular weight excluding hydrogens is 629 g/mol. The molecule has 8 aromatic carbocycles. The van der Waals surface area contributed by atoms with Crippen molar-refractivity contribution in [1.82, 2.24) is 0 Å². The highest BCUT2D eigenvalue weighted by atomic mass is 15.2. The van der Waals surface area contributed by atoms with E-state index in [1.807, 2.05) is 12.1 Å². The quantitative estimate of drug-likeness (QED) is 0.134. The second kappa shape index (κ2) is 15.3. The molecule has 0 aliphatic rings. The number of hydrogen-bond donors (Lipinski definition) is 0. The Morgan fingerprint density at radius 3 is 0.865 bits per heavy atom. The Balaban J connectivity index is 1.20. The predicted octanol–water partition coefficient (Wildman–Crippen LogP) is 14.1. The van der Waals surface area contributed by atoms with E-state index in [-0.39, 0.29) is 0 Å². The lowest BCUT2D eigenvalue weighted by Gasteiger charge is -2.30. The molecule has 0 heterocycles. The molecule has 0 bridgehead atoms. The largest absolute Gasteiger partial charge is 0.310 e. The Bertz CT molecular complexity index is 2240. The molecule has 0 unspecified atom stereocenters. The molecule has 248 valence electrons. The van der Waals surface area contributed by atoms with Crippen LogP contribution in [-0.2, 0) is 0 Å². The second-order valence-corrected chi connectivity index (χ2v) is 12.7. The monoisotopic (exact) mass is 666 g/mol. The first kappa shape index (κ1) is 32.3. The number of para-hydroxylation sites is 2. The minimum atomic E-state index is 1.10. The topological polar surface area (TPSA) is 6.48 Å². The van der Waals surface area contributed by atoms with Crippen molar-refractivity contribution in [2.45, 2.75) is 0 Å². The van der Waals surface area contributed by atoms with Gasteiger partial charge in [0.1, 0.15) is 0 Å². The van der Waals surface area contributed by atoms with Gasteiger partial charge in [-0.1, -0.05) is 170 Å². The van der Waals surface area contributed by atoms with E-state index in [0.29, 0.717) is 0 Å². The van der Waals surface area contributed by atoms with Crippen molar-refractivity contribution in [3.8, 4) is 0 Å². The van der Waals surface area contributed by atoms with Gasteiger partial charge in [-0.3, -0.25) is 0 Å². The van der Waals surface area contributed by atoms with Gasteiger partial charge in [-0.15, -0.1) is 0 Å². The normalized spacial score (nSPS) is 11.3. The van der Waals surface area contributed by atoms with Crippen molar-refractivity contribution in [2.75, 3.05) is 9.80 Å². The zero-order valence-corrected chi connectivity index (χ0v) is 28.8. The summed E-state index contributed by atoms with van der Waals surface area (Å²) < 4.78 is 0. The molecule has 0 atom stereocenters. The standard InChI is InChI=1S/C50H38N2/c1-5-15-39(16-6-1)27-29-41-31-35-45(36-32-41)51(43-19-9-3-10-20-43)49-25-13-24-48-47(49)23-14-26-50(48)52(44-21-11-4-12-22-44)46-37-33-42(34-38-46)30-28-40-17-7-2-8-18-40/h1-38H. The molecule has 52 heavy (non-hydrogen) atoms. The van der Waals surface area contributed by atoms with E-state index >= 15 is 0 Å². The summed E-state index contributed by atoms with van der Waals surface area (Å²) in [6.07, 6.45) is 8.65. The highest BCUT2D eigenvalue weighted by molar-refractivity contribution is 6.06. The molecule has 2 nitrogen and oxygen atoms in total. The van der Waals surface area contributed by atoms with Gasteiger partial charge in [-0.05, 0) is 82.9 Å². The van der Waals surface area contributed by atoms with Crippen LogP contribution in [0.15, 0.2) is 206 Å². The number of fused-ring (bicyclic) bond motifs is 1. The summed E-state index contributed by atoms with van der Waals surface area (Å²) in [6, 6.07) is 73.0. The summed E-state index contributed by atoms with van der Waals surface area (Å²) in [5.74, 6) is 0. The lowest BCUT2D eigenvalue weighted by Crippen LogP contribution is -2.12. The Labute approximate surface area is 306 Å². The smallest absolute Gasteiger partial charge is 0.0540 e. The van der Waals surface area contributed by atoms with Crippen molar-refractivity contribution in [1.29, 1.82) is 0 Å². The van der Waals surface area contributed by atoms with Crippen LogP contribution in [0.1, 0.15) is 22.3 Å². The van der Waals surface area contributed by atoms with Crippen molar-refractivity contribution in [3.63, 3.8) is 0 Å². The van der Waals surface area contributed by atoms with Crippen LogP contribution in [0.3, 0.4) is 0 Å². The molecule has 0 aliphatic heterocycles. The molecule has 0 fully saturated rings. The van der Waals surface area contributed by atoms with E-state index in [1.165, 1.54) is 21.9 Å². The first-order valence-corrected chi connectivity index (χ1v) is 17.7. The second-order valence-electron chi connectivity index (χ2n) is 12.7. The van der Waals surface area contributed by atoms with Crippen LogP contribution >= 0.6 is 0 Å². The fourth-order valence-electron chi connectivity index (χ4n) is 6.66. The lowest BCUT2D eigenvalue weighted by molar-refractivity contribution is 1.28. The Morgan fingerprint density at radius 1 is 0.231 bits per heavy atom. The molecule has 8 aromatic rings.